The van der Waals surface area contributed by atoms with Gasteiger partial charge >= 0.3 is 0 Å². The zero-order valence-corrected chi connectivity index (χ0v) is 26.8. The molecule has 0 aromatic heterocycles. The summed E-state index contributed by atoms with van der Waals surface area (Å²) in [6.07, 6.45) is 0. The van der Waals surface area contributed by atoms with Gasteiger partial charge in [-0.15, -0.1) is 0 Å². The van der Waals surface area contributed by atoms with E-state index in [0.717, 1.165) is 16.0 Å². The van der Waals surface area contributed by atoms with Gasteiger partial charge in [0.2, 0.25) is 16.8 Å². The molecule has 0 fully saturated rings. The van der Waals surface area contributed by atoms with Crippen molar-refractivity contribution >= 4 is 27.5 Å². The number of hydrogen-bond acceptors (Lipinski definition) is 9. The lowest BCUT2D eigenvalue weighted by Gasteiger charge is -2.33. The number of ether oxygens (including phenoxy) is 2. The van der Waals surface area contributed by atoms with Gasteiger partial charge in [-0.3, -0.25) is 14.5 Å². The number of amides is 2. The summed E-state index contributed by atoms with van der Waals surface area (Å²) in [4.78, 5) is 28.8. The molecule has 0 saturated heterocycles. The zero-order valence-electron chi connectivity index (χ0n) is 26.0. The molecule has 12 heteroatoms. The van der Waals surface area contributed by atoms with Crippen LogP contribution in [0.1, 0.15) is 51.8 Å². The first kappa shape index (κ1) is 31.9. The first-order chi connectivity index (χ1) is 21.4. The van der Waals surface area contributed by atoms with Crippen LogP contribution in [0.3, 0.4) is 0 Å². The van der Waals surface area contributed by atoms with E-state index < -0.39 is 39.0 Å². The van der Waals surface area contributed by atoms with Gasteiger partial charge in [0.05, 0.1) is 18.3 Å². The smallest absolute Gasteiger partial charge is 0.279 e. The number of carbonyl (C=O) groups excluding carboxylic acids is 2. The number of nitrogens with one attached hydrogen (secondary N) is 2. The fraction of sp³-hybridized carbons (Fsp3) is 0.333. The number of phenols is 1. The topological polar surface area (TPSA) is 138 Å². The highest BCUT2D eigenvalue weighted by Gasteiger charge is 2.42. The van der Waals surface area contributed by atoms with Crippen molar-refractivity contribution in [3.63, 3.8) is 0 Å². The molecule has 1 atom stereocenters. The van der Waals surface area contributed by atoms with Gasteiger partial charge in [0.1, 0.15) is 16.3 Å². The average molecular weight is 635 g/mol. The molecule has 0 aliphatic carbocycles. The van der Waals surface area contributed by atoms with Gasteiger partial charge < -0.3 is 25.2 Å². The first-order valence-corrected chi connectivity index (χ1v) is 16.2. The highest BCUT2D eigenvalue weighted by Crippen LogP contribution is 2.41. The number of rotatable bonds is 11. The molecule has 0 radical (unpaired) electrons. The molecule has 3 aromatic carbocycles. The Kier molecular flexibility index (Phi) is 8.81. The predicted octanol–water partition coefficient (Wildman–Crippen LogP) is 4.72. The normalized spacial score (nSPS) is 15.6. The van der Waals surface area contributed by atoms with E-state index in [1.54, 1.807) is 19.9 Å². The van der Waals surface area contributed by atoms with E-state index in [-0.39, 0.29) is 48.4 Å². The second-order valence-corrected chi connectivity index (χ2v) is 13.8. The molecule has 0 unspecified atom stereocenters. The highest BCUT2D eigenvalue weighted by atomic mass is 32.2. The molecule has 5 rings (SSSR count). The lowest BCUT2D eigenvalue weighted by atomic mass is 9.82. The molecule has 0 saturated carbocycles. The molecule has 238 valence electrons. The second-order valence-electron chi connectivity index (χ2n) is 11.9. The Morgan fingerprint density at radius 3 is 2.24 bits per heavy atom. The lowest BCUT2D eigenvalue weighted by Crippen LogP contribution is -2.37. The summed E-state index contributed by atoms with van der Waals surface area (Å²) in [6.45, 7) is 9.96. The van der Waals surface area contributed by atoms with Crippen LogP contribution in [-0.2, 0) is 26.2 Å². The van der Waals surface area contributed by atoms with E-state index in [1.165, 1.54) is 22.5 Å². The third kappa shape index (κ3) is 6.20. The van der Waals surface area contributed by atoms with Crippen molar-refractivity contribution in [2.75, 3.05) is 25.2 Å². The Hall–Kier alpha value is -4.55. The molecule has 2 heterocycles. The van der Waals surface area contributed by atoms with Crippen molar-refractivity contribution in [3.8, 4) is 17.2 Å². The number of nitrogens with zero attached hydrogens (tertiary/aromatic N) is 2. The molecule has 2 amide bonds. The quantitative estimate of drug-likeness (QED) is 0.202. The van der Waals surface area contributed by atoms with Crippen LogP contribution in [0.25, 0.3) is 0 Å². The Bertz CT molecular complexity index is 1750. The summed E-state index contributed by atoms with van der Waals surface area (Å²) in [5, 5.41) is 17.4. The molecule has 45 heavy (non-hydrogen) atoms. The molecule has 2 aliphatic rings. The van der Waals surface area contributed by atoms with E-state index >= 15 is 0 Å². The van der Waals surface area contributed by atoms with Crippen LogP contribution in [0.4, 0.5) is 5.69 Å². The van der Waals surface area contributed by atoms with E-state index in [0.29, 0.717) is 11.5 Å². The van der Waals surface area contributed by atoms with Crippen LogP contribution in [0.2, 0.25) is 0 Å². The molecule has 3 N–H and O–H groups in total. The van der Waals surface area contributed by atoms with Crippen LogP contribution in [0.15, 0.2) is 83.0 Å². The molecule has 11 nitrogen and oxygen atoms in total. The number of phenolic OH excluding ortho intramolecular Hbond substituents is 1. The molecule has 0 spiro atoms. The Morgan fingerprint density at radius 2 is 1.58 bits per heavy atom. The number of aromatic hydroxyl groups is 1. The molecule has 2 aliphatic heterocycles. The number of hydrogen-bond donors (Lipinski definition) is 3. The van der Waals surface area contributed by atoms with E-state index in [9.17, 15) is 23.1 Å². The number of imide groups is 1. The summed E-state index contributed by atoms with van der Waals surface area (Å²) in [6, 6.07) is 18.4. The largest absolute Gasteiger partial charge is 0.504 e. The van der Waals surface area contributed by atoms with Gasteiger partial charge in [0.25, 0.3) is 11.8 Å². The van der Waals surface area contributed by atoms with Gasteiger partial charge in [0, 0.05) is 13.1 Å². The number of fused-ring (bicyclic) bond motifs is 1. The van der Waals surface area contributed by atoms with Crippen LogP contribution < -0.4 is 20.1 Å². The molecule has 0 bridgehead atoms. The van der Waals surface area contributed by atoms with Crippen LogP contribution in [0.5, 0.6) is 17.2 Å². The number of para-hydroxylation sites is 1. The Balaban J connectivity index is 1.58. The Morgan fingerprint density at radius 1 is 0.911 bits per heavy atom. The number of anilines is 1. The fourth-order valence-corrected chi connectivity index (χ4v) is 7.00. The minimum atomic E-state index is -4.03. The van der Waals surface area contributed by atoms with Crippen molar-refractivity contribution in [1.29, 1.82) is 0 Å². The number of carbonyl (C=O) groups is 2. The summed E-state index contributed by atoms with van der Waals surface area (Å²) in [5.41, 5.74) is 0.940. The summed E-state index contributed by atoms with van der Waals surface area (Å²) in [7, 11) is -4.03. The molecular weight excluding hydrogens is 596 g/mol. The first-order valence-electron chi connectivity index (χ1n) is 14.8. The maximum Gasteiger partial charge on any atom is 0.279 e. The van der Waals surface area contributed by atoms with Crippen LogP contribution in [0, 0.1) is 5.41 Å². The second kappa shape index (κ2) is 12.4. The van der Waals surface area contributed by atoms with Crippen molar-refractivity contribution in [3.05, 3.63) is 89.3 Å². The van der Waals surface area contributed by atoms with Gasteiger partial charge in [-0.25, -0.2) is 8.42 Å². The van der Waals surface area contributed by atoms with Crippen molar-refractivity contribution in [2.24, 2.45) is 5.41 Å². The van der Waals surface area contributed by atoms with Gasteiger partial charge in [-0.2, -0.15) is 4.31 Å². The number of benzene rings is 3. The maximum absolute atomic E-state index is 14.0. The third-order valence-corrected chi connectivity index (χ3v) is 9.90. The predicted molar refractivity (Wildman–Crippen MR) is 169 cm³/mol. The van der Waals surface area contributed by atoms with Crippen molar-refractivity contribution in [1.82, 2.24) is 14.5 Å². The minimum absolute atomic E-state index is 0.00933. The van der Waals surface area contributed by atoms with E-state index in [1.807, 2.05) is 63.2 Å². The summed E-state index contributed by atoms with van der Waals surface area (Å²) in [5.74, 6) is -0.550. The van der Waals surface area contributed by atoms with Crippen LogP contribution in [-0.4, -0.2) is 54.4 Å². The fourth-order valence-electron chi connectivity index (χ4n) is 5.44. The van der Waals surface area contributed by atoms with Gasteiger partial charge in [-0.05, 0) is 40.8 Å². The summed E-state index contributed by atoms with van der Waals surface area (Å²) < 4.78 is 38.9. The van der Waals surface area contributed by atoms with E-state index in [4.69, 9.17) is 9.47 Å². The maximum atomic E-state index is 14.0. The monoisotopic (exact) mass is 634 g/mol. The van der Waals surface area contributed by atoms with E-state index in [2.05, 4.69) is 10.6 Å². The summed E-state index contributed by atoms with van der Waals surface area (Å²) >= 11 is 0. The third-order valence-electron chi connectivity index (χ3n) is 7.82. The average Bonchev–Trinajstić information content (AvgIpc) is 3.55. The van der Waals surface area contributed by atoms with Gasteiger partial charge in [-0.1, -0.05) is 77.1 Å². The van der Waals surface area contributed by atoms with Crippen molar-refractivity contribution in [2.45, 2.75) is 52.1 Å². The van der Waals surface area contributed by atoms with Crippen LogP contribution >= 0.6 is 0 Å². The molecule has 3 aromatic rings. The lowest BCUT2D eigenvalue weighted by molar-refractivity contribution is -0.138. The molecular formula is C33H38N4O7S. The highest BCUT2D eigenvalue weighted by molar-refractivity contribution is 7.89. The zero-order chi connectivity index (χ0) is 32.5. The Labute approximate surface area is 263 Å². The number of sulfonamides is 1. The minimum Gasteiger partial charge on any atom is -0.504 e. The van der Waals surface area contributed by atoms with Gasteiger partial charge in [0.15, 0.2) is 17.2 Å². The van der Waals surface area contributed by atoms with Crippen molar-refractivity contribution < 1.29 is 32.6 Å². The SMILES string of the molecule is CCN(CC)S(=O)(=O)c1cccc(NC2=C(N[C@@H](c3ccc4c(c3)OCO4)C(C)(C)C)C(=O)N(Cc3ccccc3)C2=O)c1O. The standard InChI is InChI=1S/C33H38N4O7S/c1-6-36(7-2)45(41,42)26-15-11-14-23(29(26)38)34-27-28(32(40)37(31(27)39)19-21-12-9-8-10-13-21)35-30(33(3,4)5)22-16-17-24-25(18-22)44-20-43-24/h8-18,30,34-35,38H,6-7,19-20H2,1-5H3/t30-/m0/s1.